The van der Waals surface area contributed by atoms with E-state index < -0.39 is 23.6 Å². The molecule has 1 aromatic rings. The lowest BCUT2D eigenvalue weighted by Gasteiger charge is -2.31. The molecule has 17 heavy (non-hydrogen) atoms. The van der Waals surface area contributed by atoms with Gasteiger partial charge in [0.1, 0.15) is 0 Å². The molecule has 0 amide bonds. The average Bonchev–Trinajstić information content (AvgIpc) is 2.14. The van der Waals surface area contributed by atoms with E-state index in [2.05, 4.69) is 4.98 Å². The van der Waals surface area contributed by atoms with Crippen molar-refractivity contribution in [1.29, 1.82) is 0 Å². The van der Waals surface area contributed by atoms with Gasteiger partial charge in [-0.25, -0.2) is 0 Å². The normalized spacial score (nSPS) is 13.9. The predicted molar refractivity (Wildman–Crippen MR) is 45.3 cm³/mol. The van der Waals surface area contributed by atoms with Gasteiger partial charge in [-0.3, -0.25) is 4.98 Å². The molecule has 0 saturated heterocycles. The Kier molecular flexibility index (Phi) is 3.32. The first-order valence-electron chi connectivity index (χ1n) is 3.98. The van der Waals surface area contributed by atoms with E-state index in [1.165, 1.54) is 0 Å². The van der Waals surface area contributed by atoms with Crippen LogP contribution in [-0.4, -0.2) is 22.4 Å². The zero-order chi connectivity index (χ0) is 13.5. The maximum atomic E-state index is 12.3. The van der Waals surface area contributed by atoms with E-state index >= 15 is 0 Å². The van der Waals surface area contributed by atoms with E-state index in [-0.39, 0.29) is 5.02 Å². The van der Waals surface area contributed by atoms with Gasteiger partial charge < -0.3 is 5.11 Å². The van der Waals surface area contributed by atoms with Gasteiger partial charge >= 0.3 is 12.4 Å². The second-order valence-electron chi connectivity index (χ2n) is 3.07. The summed E-state index contributed by atoms with van der Waals surface area (Å²) in [6.45, 7) is 0. The van der Waals surface area contributed by atoms with Crippen LogP contribution in [0.25, 0.3) is 0 Å². The third-order valence-corrected chi connectivity index (χ3v) is 2.14. The highest BCUT2D eigenvalue weighted by Gasteiger charge is 2.72. The van der Waals surface area contributed by atoms with Crippen molar-refractivity contribution in [3.05, 3.63) is 29.0 Å². The molecule has 9 heteroatoms. The highest BCUT2D eigenvalue weighted by Crippen LogP contribution is 2.49. The van der Waals surface area contributed by atoms with Gasteiger partial charge in [-0.1, -0.05) is 11.6 Å². The van der Waals surface area contributed by atoms with E-state index in [0.717, 1.165) is 6.07 Å². The molecule has 2 nitrogen and oxygen atoms in total. The van der Waals surface area contributed by atoms with E-state index in [9.17, 15) is 26.3 Å². The molecule has 1 aromatic heterocycles. The van der Waals surface area contributed by atoms with Crippen LogP contribution in [0.1, 0.15) is 5.69 Å². The molecule has 0 radical (unpaired) electrons. The first kappa shape index (κ1) is 14.0. The molecule has 0 bridgehead atoms. The minimum atomic E-state index is -5.94. The summed E-state index contributed by atoms with van der Waals surface area (Å²) in [6, 6.07) is 1.13. The summed E-state index contributed by atoms with van der Waals surface area (Å²) in [6.07, 6.45) is -11.3. The number of hydrogen-bond donors (Lipinski definition) is 1. The average molecular weight is 280 g/mol. The Balaban J connectivity index is 3.41. The van der Waals surface area contributed by atoms with Crippen LogP contribution in [0, 0.1) is 0 Å². The highest BCUT2D eigenvalue weighted by atomic mass is 35.5. The fraction of sp³-hybridized carbons (Fsp3) is 0.375. The summed E-state index contributed by atoms with van der Waals surface area (Å²) in [7, 11) is 0. The van der Waals surface area contributed by atoms with Crippen LogP contribution in [0.15, 0.2) is 18.3 Å². The van der Waals surface area contributed by atoms with Gasteiger partial charge in [0.25, 0.3) is 5.60 Å². The van der Waals surface area contributed by atoms with Gasteiger partial charge in [-0.15, -0.1) is 0 Å². The summed E-state index contributed by atoms with van der Waals surface area (Å²) >= 11 is 5.28. The van der Waals surface area contributed by atoms with Crippen LogP contribution < -0.4 is 0 Å². The molecule has 0 spiro atoms. The Morgan fingerprint density at radius 1 is 1.00 bits per heavy atom. The molecule has 0 aliphatic rings. The topological polar surface area (TPSA) is 33.1 Å². The molecule has 0 fully saturated rings. The van der Waals surface area contributed by atoms with Gasteiger partial charge in [0, 0.05) is 6.20 Å². The molecule has 0 atom stereocenters. The predicted octanol–water partition coefficient (Wildman–Crippen LogP) is 3.05. The quantitative estimate of drug-likeness (QED) is 0.802. The number of aliphatic hydroxyl groups is 1. The van der Waals surface area contributed by atoms with Crippen LogP contribution in [0.4, 0.5) is 26.3 Å². The van der Waals surface area contributed by atoms with Crippen molar-refractivity contribution in [3.8, 4) is 0 Å². The van der Waals surface area contributed by atoms with Crippen molar-refractivity contribution in [2.24, 2.45) is 0 Å². The first-order chi connectivity index (χ1) is 7.50. The molecule has 0 saturated carbocycles. The lowest BCUT2D eigenvalue weighted by molar-refractivity contribution is -0.377. The summed E-state index contributed by atoms with van der Waals surface area (Å²) in [4.78, 5) is 2.86. The Morgan fingerprint density at radius 3 is 1.76 bits per heavy atom. The van der Waals surface area contributed by atoms with Gasteiger partial charge in [-0.2, -0.15) is 26.3 Å². The fourth-order valence-electron chi connectivity index (χ4n) is 1.04. The first-order valence-corrected chi connectivity index (χ1v) is 4.36. The van der Waals surface area contributed by atoms with Crippen molar-refractivity contribution < 1.29 is 31.4 Å². The highest BCUT2D eigenvalue weighted by molar-refractivity contribution is 6.30. The number of nitrogens with zero attached hydrogens (tertiary/aromatic N) is 1. The number of rotatable bonds is 1. The molecular formula is C8H4ClF6NO. The van der Waals surface area contributed by atoms with E-state index in [1.807, 2.05) is 0 Å². The largest absolute Gasteiger partial charge is 0.432 e. The van der Waals surface area contributed by atoms with Crippen molar-refractivity contribution >= 4 is 11.6 Å². The molecule has 0 aliphatic carbocycles. The lowest BCUT2D eigenvalue weighted by atomic mass is 9.97. The number of alkyl halides is 6. The SMILES string of the molecule is OC(c1ccc(Cl)cn1)(C(F)(F)F)C(F)(F)F. The molecule has 0 aromatic carbocycles. The van der Waals surface area contributed by atoms with Crippen molar-refractivity contribution in [2.45, 2.75) is 18.0 Å². The molecule has 1 N–H and O–H groups in total. The zero-order valence-corrected chi connectivity index (χ0v) is 8.53. The molecule has 1 rings (SSSR count). The minimum absolute atomic E-state index is 0.152. The van der Waals surface area contributed by atoms with E-state index in [4.69, 9.17) is 16.7 Å². The molecule has 0 unspecified atom stereocenters. The van der Waals surface area contributed by atoms with Gasteiger partial charge in [-0.05, 0) is 12.1 Å². The summed E-state index contributed by atoms with van der Waals surface area (Å²) in [5, 5.41) is 8.74. The smallest absolute Gasteiger partial charge is 0.368 e. The van der Waals surface area contributed by atoms with Crippen LogP contribution in [0.5, 0.6) is 0 Å². The molecule has 1 heterocycles. The molecular weight excluding hydrogens is 276 g/mol. The van der Waals surface area contributed by atoms with Gasteiger partial charge in [0.2, 0.25) is 0 Å². The minimum Gasteiger partial charge on any atom is -0.368 e. The Hall–Kier alpha value is -1.02. The Morgan fingerprint density at radius 2 is 1.47 bits per heavy atom. The number of hydrogen-bond acceptors (Lipinski definition) is 2. The van der Waals surface area contributed by atoms with Gasteiger partial charge in [0.15, 0.2) is 0 Å². The van der Waals surface area contributed by atoms with Gasteiger partial charge in [0.05, 0.1) is 10.7 Å². The zero-order valence-electron chi connectivity index (χ0n) is 7.77. The summed E-state index contributed by atoms with van der Waals surface area (Å²) in [5.41, 5.74) is -6.59. The maximum absolute atomic E-state index is 12.3. The fourth-order valence-corrected chi connectivity index (χ4v) is 1.15. The maximum Gasteiger partial charge on any atom is 0.432 e. The van der Waals surface area contributed by atoms with Crippen molar-refractivity contribution in [1.82, 2.24) is 4.98 Å². The standard InChI is InChI=1S/C8H4ClF6NO/c9-4-1-2-5(16-3-4)6(17,7(10,11)12)8(13,14)15/h1-3,17H. The summed E-state index contributed by atoms with van der Waals surface area (Å²) in [5.74, 6) is 0. The Labute approximate surface area is 95.8 Å². The van der Waals surface area contributed by atoms with Crippen molar-refractivity contribution in [3.63, 3.8) is 0 Å². The number of halogens is 7. The van der Waals surface area contributed by atoms with Crippen LogP contribution in [0.2, 0.25) is 5.02 Å². The lowest BCUT2D eigenvalue weighted by Crippen LogP contribution is -2.54. The second kappa shape index (κ2) is 4.02. The van der Waals surface area contributed by atoms with Crippen LogP contribution in [0.3, 0.4) is 0 Å². The van der Waals surface area contributed by atoms with E-state index in [0.29, 0.717) is 12.3 Å². The molecule has 96 valence electrons. The second-order valence-corrected chi connectivity index (χ2v) is 3.50. The third-order valence-electron chi connectivity index (χ3n) is 1.92. The third kappa shape index (κ3) is 2.32. The van der Waals surface area contributed by atoms with E-state index in [1.54, 1.807) is 0 Å². The summed E-state index contributed by atoms with van der Waals surface area (Å²) < 4.78 is 74.1. The van der Waals surface area contributed by atoms with Crippen LogP contribution >= 0.6 is 11.6 Å². The Bertz CT molecular complexity index is 384. The number of pyridine rings is 1. The monoisotopic (exact) mass is 279 g/mol. The molecule has 0 aliphatic heterocycles. The number of aromatic nitrogens is 1. The van der Waals surface area contributed by atoms with Crippen molar-refractivity contribution in [2.75, 3.05) is 0 Å². The van der Waals surface area contributed by atoms with Crippen LogP contribution in [-0.2, 0) is 5.60 Å².